The second-order valence-electron chi connectivity index (χ2n) is 4.66. The SMILES string of the molecule is CC(C)CNC(=O)C(C)NC(=O)c1csc(CN)n1. The van der Waals surface area contributed by atoms with Gasteiger partial charge in [-0.05, 0) is 12.8 Å². The molecular weight excluding hydrogens is 264 g/mol. The minimum atomic E-state index is -0.589. The standard InChI is InChI=1S/C12H20N4O2S/c1-7(2)5-14-11(17)8(3)15-12(18)9-6-19-10(4-13)16-9/h6-8H,4-5,13H2,1-3H3,(H,14,17)(H,15,18). The van der Waals surface area contributed by atoms with Gasteiger partial charge in [-0.25, -0.2) is 4.98 Å². The van der Waals surface area contributed by atoms with Crippen molar-refractivity contribution >= 4 is 23.2 Å². The average Bonchev–Trinajstić information content (AvgIpc) is 2.84. The molecule has 0 saturated carbocycles. The Hall–Kier alpha value is -1.47. The smallest absolute Gasteiger partial charge is 0.271 e. The summed E-state index contributed by atoms with van der Waals surface area (Å²) in [6, 6.07) is -0.589. The normalized spacial score (nSPS) is 12.3. The van der Waals surface area contributed by atoms with E-state index in [2.05, 4.69) is 15.6 Å². The molecule has 0 saturated heterocycles. The first-order chi connectivity index (χ1) is 8.93. The molecule has 4 N–H and O–H groups in total. The van der Waals surface area contributed by atoms with Crippen molar-refractivity contribution in [2.75, 3.05) is 6.54 Å². The Kier molecular flexibility index (Phi) is 5.91. The first kappa shape index (κ1) is 15.6. The topological polar surface area (TPSA) is 97.1 Å². The second-order valence-corrected chi connectivity index (χ2v) is 5.61. The van der Waals surface area contributed by atoms with Gasteiger partial charge in [0.2, 0.25) is 5.91 Å². The summed E-state index contributed by atoms with van der Waals surface area (Å²) in [4.78, 5) is 27.6. The van der Waals surface area contributed by atoms with E-state index >= 15 is 0 Å². The fourth-order valence-electron chi connectivity index (χ4n) is 1.30. The lowest BCUT2D eigenvalue weighted by Crippen LogP contribution is -2.45. The second kappa shape index (κ2) is 7.20. The molecule has 0 aliphatic rings. The van der Waals surface area contributed by atoms with Gasteiger partial charge in [0.25, 0.3) is 5.91 Å². The van der Waals surface area contributed by atoms with Crippen molar-refractivity contribution in [3.63, 3.8) is 0 Å². The van der Waals surface area contributed by atoms with Crippen molar-refractivity contribution in [3.8, 4) is 0 Å². The van der Waals surface area contributed by atoms with Crippen molar-refractivity contribution < 1.29 is 9.59 Å². The number of nitrogens with zero attached hydrogens (tertiary/aromatic N) is 1. The van der Waals surface area contributed by atoms with Gasteiger partial charge in [-0.2, -0.15) is 0 Å². The highest BCUT2D eigenvalue weighted by atomic mass is 32.1. The molecule has 1 unspecified atom stereocenters. The number of hydrogen-bond donors (Lipinski definition) is 3. The Morgan fingerprint density at radius 3 is 2.63 bits per heavy atom. The number of carbonyl (C=O) groups is 2. The van der Waals surface area contributed by atoms with Crippen LogP contribution in [0, 0.1) is 5.92 Å². The maximum absolute atomic E-state index is 11.8. The van der Waals surface area contributed by atoms with E-state index in [1.54, 1.807) is 12.3 Å². The Bertz CT molecular complexity index is 445. The maximum atomic E-state index is 11.8. The molecule has 106 valence electrons. The Balaban J connectivity index is 2.49. The molecule has 0 fully saturated rings. The molecule has 0 spiro atoms. The average molecular weight is 284 g/mol. The number of rotatable bonds is 6. The summed E-state index contributed by atoms with van der Waals surface area (Å²) in [7, 11) is 0. The predicted molar refractivity (Wildman–Crippen MR) is 74.8 cm³/mol. The molecule has 1 heterocycles. The minimum absolute atomic E-state index is 0.198. The third-order valence-corrected chi connectivity index (χ3v) is 3.26. The lowest BCUT2D eigenvalue weighted by molar-refractivity contribution is -0.122. The van der Waals surface area contributed by atoms with Gasteiger partial charge in [0.1, 0.15) is 16.7 Å². The molecule has 0 radical (unpaired) electrons. The third kappa shape index (κ3) is 4.96. The Morgan fingerprint density at radius 2 is 2.11 bits per heavy atom. The summed E-state index contributed by atoms with van der Waals surface area (Å²) < 4.78 is 0. The lowest BCUT2D eigenvalue weighted by Gasteiger charge is -2.14. The number of aromatic nitrogens is 1. The van der Waals surface area contributed by atoms with Crippen molar-refractivity contribution in [2.45, 2.75) is 33.4 Å². The zero-order valence-electron chi connectivity index (χ0n) is 11.4. The predicted octanol–water partition coefficient (Wildman–Crippen LogP) is 0.492. The summed E-state index contributed by atoms with van der Waals surface area (Å²) in [5.74, 6) is -0.183. The fraction of sp³-hybridized carbons (Fsp3) is 0.583. The summed E-state index contributed by atoms with van der Waals surface area (Å²) in [5.41, 5.74) is 5.73. The van der Waals surface area contributed by atoms with Crippen LogP contribution in [0.3, 0.4) is 0 Å². The van der Waals surface area contributed by atoms with Crippen LogP contribution in [0.15, 0.2) is 5.38 Å². The number of nitrogens with one attached hydrogen (secondary N) is 2. The zero-order valence-corrected chi connectivity index (χ0v) is 12.2. The number of nitrogens with two attached hydrogens (primary N) is 1. The van der Waals surface area contributed by atoms with Gasteiger partial charge in [-0.15, -0.1) is 11.3 Å². The molecule has 6 nitrogen and oxygen atoms in total. The zero-order chi connectivity index (χ0) is 14.4. The van der Waals surface area contributed by atoms with Gasteiger partial charge in [0.15, 0.2) is 0 Å². The number of hydrogen-bond acceptors (Lipinski definition) is 5. The minimum Gasteiger partial charge on any atom is -0.354 e. The molecule has 2 amide bonds. The van der Waals surface area contributed by atoms with E-state index in [4.69, 9.17) is 5.73 Å². The van der Waals surface area contributed by atoms with Crippen LogP contribution in [0.4, 0.5) is 0 Å². The van der Waals surface area contributed by atoms with E-state index in [0.717, 1.165) is 0 Å². The molecule has 1 aromatic heterocycles. The van der Waals surface area contributed by atoms with Crippen LogP contribution in [-0.2, 0) is 11.3 Å². The summed E-state index contributed by atoms with van der Waals surface area (Å²) in [6.45, 7) is 6.56. The van der Waals surface area contributed by atoms with E-state index in [9.17, 15) is 9.59 Å². The van der Waals surface area contributed by atoms with Crippen LogP contribution in [0.2, 0.25) is 0 Å². The van der Waals surface area contributed by atoms with Crippen LogP contribution in [0.1, 0.15) is 36.3 Å². The quantitative estimate of drug-likeness (QED) is 0.708. The van der Waals surface area contributed by atoms with E-state index in [1.807, 2.05) is 13.8 Å². The van der Waals surface area contributed by atoms with Gasteiger partial charge >= 0.3 is 0 Å². The van der Waals surface area contributed by atoms with Crippen molar-refractivity contribution in [1.82, 2.24) is 15.6 Å². The molecular formula is C12H20N4O2S. The molecule has 1 aromatic rings. The molecule has 19 heavy (non-hydrogen) atoms. The largest absolute Gasteiger partial charge is 0.354 e. The van der Waals surface area contributed by atoms with Gasteiger partial charge in [-0.1, -0.05) is 13.8 Å². The van der Waals surface area contributed by atoms with E-state index < -0.39 is 6.04 Å². The van der Waals surface area contributed by atoms with Crippen molar-refractivity contribution in [3.05, 3.63) is 16.1 Å². The van der Waals surface area contributed by atoms with Gasteiger partial charge < -0.3 is 16.4 Å². The molecule has 7 heteroatoms. The number of thiazole rings is 1. The summed E-state index contributed by atoms with van der Waals surface area (Å²) in [5, 5.41) is 7.70. The molecule has 0 aliphatic carbocycles. The van der Waals surface area contributed by atoms with Crippen LogP contribution < -0.4 is 16.4 Å². The molecule has 1 rings (SSSR count). The molecule has 0 aromatic carbocycles. The van der Waals surface area contributed by atoms with E-state index in [0.29, 0.717) is 29.7 Å². The maximum Gasteiger partial charge on any atom is 0.271 e. The fourth-order valence-corrected chi connectivity index (χ4v) is 1.96. The molecule has 1 atom stereocenters. The van der Waals surface area contributed by atoms with Gasteiger partial charge in [0, 0.05) is 18.5 Å². The highest BCUT2D eigenvalue weighted by molar-refractivity contribution is 7.09. The lowest BCUT2D eigenvalue weighted by atomic mass is 10.2. The van der Waals surface area contributed by atoms with Crippen LogP contribution in [-0.4, -0.2) is 29.4 Å². The van der Waals surface area contributed by atoms with Crippen molar-refractivity contribution in [2.24, 2.45) is 11.7 Å². The van der Waals surface area contributed by atoms with E-state index in [1.165, 1.54) is 11.3 Å². The van der Waals surface area contributed by atoms with Gasteiger partial charge in [0.05, 0.1) is 0 Å². The third-order valence-electron chi connectivity index (χ3n) is 2.38. The monoisotopic (exact) mass is 284 g/mol. The Morgan fingerprint density at radius 1 is 1.42 bits per heavy atom. The van der Waals surface area contributed by atoms with Crippen LogP contribution in [0.5, 0.6) is 0 Å². The van der Waals surface area contributed by atoms with Crippen molar-refractivity contribution in [1.29, 1.82) is 0 Å². The summed E-state index contributed by atoms with van der Waals surface area (Å²) >= 11 is 1.33. The van der Waals surface area contributed by atoms with Crippen LogP contribution >= 0.6 is 11.3 Å². The Labute approximate surface area is 116 Å². The number of amides is 2. The summed E-state index contributed by atoms with van der Waals surface area (Å²) in [6.07, 6.45) is 0. The van der Waals surface area contributed by atoms with Crippen LogP contribution in [0.25, 0.3) is 0 Å². The highest BCUT2D eigenvalue weighted by Crippen LogP contribution is 2.08. The molecule has 0 bridgehead atoms. The first-order valence-corrected chi connectivity index (χ1v) is 7.05. The first-order valence-electron chi connectivity index (χ1n) is 6.17. The highest BCUT2D eigenvalue weighted by Gasteiger charge is 2.18. The van der Waals surface area contributed by atoms with Gasteiger partial charge in [-0.3, -0.25) is 9.59 Å². The number of carbonyl (C=O) groups excluding carboxylic acids is 2. The van der Waals surface area contributed by atoms with E-state index in [-0.39, 0.29) is 11.8 Å². The molecule has 0 aliphatic heterocycles.